The monoisotopic (exact) mass is 345 g/mol. The van der Waals surface area contributed by atoms with Gasteiger partial charge in [0.25, 0.3) is 0 Å². The Balaban J connectivity index is 2.88. The van der Waals surface area contributed by atoms with Crippen LogP contribution in [0.25, 0.3) is 0 Å². The van der Waals surface area contributed by atoms with Crippen molar-refractivity contribution in [2.45, 2.75) is 45.9 Å². The molecule has 130 valence electrons. The zero-order chi connectivity index (χ0) is 17.7. The van der Waals surface area contributed by atoms with Gasteiger partial charge in [-0.3, -0.25) is 4.79 Å². The lowest BCUT2D eigenvalue weighted by Gasteiger charge is -2.26. The van der Waals surface area contributed by atoms with Gasteiger partial charge in [-0.1, -0.05) is 6.92 Å². The summed E-state index contributed by atoms with van der Waals surface area (Å²) in [6, 6.07) is -0.526. The van der Waals surface area contributed by atoms with Crippen LogP contribution in [0, 0.1) is 11.8 Å². The second-order valence-electron chi connectivity index (χ2n) is 5.78. The maximum absolute atomic E-state index is 11.6. The summed E-state index contributed by atoms with van der Waals surface area (Å²) in [4.78, 5) is 34.7. The average molecular weight is 345 g/mol. The summed E-state index contributed by atoms with van der Waals surface area (Å²) in [5, 5.41) is 21.8. The summed E-state index contributed by atoms with van der Waals surface area (Å²) in [5.41, 5.74) is -0.0302. The van der Waals surface area contributed by atoms with Gasteiger partial charge in [-0.25, -0.2) is 4.79 Å². The fourth-order valence-corrected chi connectivity index (χ4v) is 3.53. The first-order chi connectivity index (χ1) is 10.7. The molecule has 1 heterocycles. The van der Waals surface area contributed by atoms with Crippen LogP contribution in [-0.2, 0) is 19.1 Å². The fraction of sp³-hybridized carbons (Fsp3) is 0.667. The number of aliphatic hydroxyl groups is 1. The van der Waals surface area contributed by atoms with E-state index in [1.807, 2.05) is 0 Å². The maximum Gasteiger partial charge on any atom is 0.352 e. The van der Waals surface area contributed by atoms with Crippen LogP contribution in [0.2, 0.25) is 0 Å². The quantitative estimate of drug-likeness (QED) is 0.437. The van der Waals surface area contributed by atoms with Crippen molar-refractivity contribution in [2.24, 2.45) is 11.8 Å². The van der Waals surface area contributed by atoms with Gasteiger partial charge >= 0.3 is 11.9 Å². The number of carboxylic acid groups (broad SMARTS) is 1. The summed E-state index contributed by atoms with van der Waals surface area (Å²) < 4.78 is 5.03. The van der Waals surface area contributed by atoms with Crippen LogP contribution in [-0.4, -0.2) is 52.4 Å². The number of hydrogen-bond acceptors (Lipinski definition) is 7. The molecule has 1 aliphatic rings. The SMILES string of the molecule is CC(C)OC(=O)CSC1=C(C(=O)O)N[C@H]([C@@H](C=O)[C@@H](C)O)[C@H]1C. The first-order valence-electron chi connectivity index (χ1n) is 7.38. The van der Waals surface area contributed by atoms with Crippen molar-refractivity contribution < 1.29 is 29.3 Å². The second-order valence-corrected chi connectivity index (χ2v) is 6.80. The van der Waals surface area contributed by atoms with E-state index in [4.69, 9.17) is 4.74 Å². The number of thioether (sulfide) groups is 1. The molecule has 0 saturated carbocycles. The number of aldehydes is 1. The number of esters is 1. The molecular weight excluding hydrogens is 322 g/mol. The standard InChI is InChI=1S/C15H23NO6S/c1-7(2)22-11(19)6-23-14-8(3)12(10(5-17)9(4)18)16-13(14)15(20)21/h5,7-10,12,16,18H,6H2,1-4H3,(H,20,21)/t8-,9-,10+,12+/m1/s1. The number of carbonyl (C=O) groups is 3. The lowest BCUT2D eigenvalue weighted by molar-refractivity contribution is -0.144. The fourth-order valence-electron chi connectivity index (χ4n) is 2.49. The number of aliphatic hydroxyl groups excluding tert-OH is 1. The molecule has 0 saturated heterocycles. The van der Waals surface area contributed by atoms with E-state index in [0.29, 0.717) is 11.2 Å². The Kier molecular flexibility index (Phi) is 7.08. The summed E-state index contributed by atoms with van der Waals surface area (Å²) in [5.74, 6) is -2.65. The minimum atomic E-state index is -1.16. The Hall–Kier alpha value is -1.54. The topological polar surface area (TPSA) is 113 Å². The highest BCUT2D eigenvalue weighted by Gasteiger charge is 2.40. The van der Waals surface area contributed by atoms with Crippen LogP contribution >= 0.6 is 11.8 Å². The molecule has 0 aliphatic carbocycles. The molecule has 0 fully saturated rings. The Morgan fingerprint density at radius 1 is 1.39 bits per heavy atom. The van der Waals surface area contributed by atoms with Crippen molar-refractivity contribution in [1.82, 2.24) is 5.32 Å². The Bertz CT molecular complexity index is 502. The largest absolute Gasteiger partial charge is 0.477 e. The van der Waals surface area contributed by atoms with Crippen LogP contribution in [0.15, 0.2) is 10.6 Å². The van der Waals surface area contributed by atoms with Gasteiger partial charge in [0.2, 0.25) is 0 Å². The van der Waals surface area contributed by atoms with Gasteiger partial charge in [0.15, 0.2) is 0 Å². The number of carboxylic acids is 1. The van der Waals surface area contributed by atoms with E-state index >= 15 is 0 Å². The summed E-state index contributed by atoms with van der Waals surface area (Å²) in [6.45, 7) is 6.72. The van der Waals surface area contributed by atoms with E-state index < -0.39 is 30.0 Å². The summed E-state index contributed by atoms with van der Waals surface area (Å²) in [7, 11) is 0. The normalized spacial score (nSPS) is 23.4. The molecule has 0 aromatic heterocycles. The van der Waals surface area contributed by atoms with Crippen LogP contribution in [0.3, 0.4) is 0 Å². The van der Waals surface area contributed by atoms with Gasteiger partial charge in [-0.2, -0.15) is 0 Å². The number of aliphatic carboxylic acids is 1. The number of hydrogen-bond donors (Lipinski definition) is 3. The van der Waals surface area contributed by atoms with E-state index in [-0.39, 0.29) is 23.5 Å². The number of nitrogens with one attached hydrogen (secondary N) is 1. The summed E-state index contributed by atoms with van der Waals surface area (Å²) in [6.07, 6.45) is -0.519. The highest BCUT2D eigenvalue weighted by Crippen LogP contribution is 2.37. The molecule has 23 heavy (non-hydrogen) atoms. The minimum Gasteiger partial charge on any atom is -0.477 e. The maximum atomic E-state index is 11.6. The molecule has 0 spiro atoms. The Morgan fingerprint density at radius 3 is 2.43 bits per heavy atom. The van der Waals surface area contributed by atoms with Crippen LogP contribution in [0.1, 0.15) is 27.7 Å². The first kappa shape index (κ1) is 19.5. The molecule has 0 amide bonds. The van der Waals surface area contributed by atoms with Gasteiger partial charge in [0.1, 0.15) is 12.0 Å². The molecule has 3 N–H and O–H groups in total. The van der Waals surface area contributed by atoms with Crippen LogP contribution in [0.5, 0.6) is 0 Å². The molecule has 7 nitrogen and oxygen atoms in total. The van der Waals surface area contributed by atoms with Crippen molar-refractivity contribution in [3.8, 4) is 0 Å². The van der Waals surface area contributed by atoms with Crippen molar-refractivity contribution in [3.63, 3.8) is 0 Å². The Labute approximate surface area is 139 Å². The van der Waals surface area contributed by atoms with Crippen LogP contribution in [0.4, 0.5) is 0 Å². The zero-order valence-corrected chi connectivity index (χ0v) is 14.4. The summed E-state index contributed by atoms with van der Waals surface area (Å²) >= 11 is 1.09. The van der Waals surface area contributed by atoms with E-state index in [9.17, 15) is 24.6 Å². The van der Waals surface area contributed by atoms with Gasteiger partial charge in [-0.05, 0) is 20.8 Å². The van der Waals surface area contributed by atoms with E-state index in [2.05, 4.69) is 5.32 Å². The molecule has 4 atom stereocenters. The van der Waals surface area contributed by atoms with Crippen molar-refractivity contribution in [3.05, 3.63) is 10.6 Å². The van der Waals surface area contributed by atoms with Crippen molar-refractivity contribution >= 4 is 30.0 Å². The molecule has 0 unspecified atom stereocenters. The van der Waals surface area contributed by atoms with E-state index in [1.54, 1.807) is 20.8 Å². The van der Waals surface area contributed by atoms with E-state index in [0.717, 1.165) is 11.8 Å². The molecule has 0 bridgehead atoms. The lowest BCUT2D eigenvalue weighted by Crippen LogP contribution is -2.42. The van der Waals surface area contributed by atoms with Gasteiger partial charge in [0, 0.05) is 16.9 Å². The Morgan fingerprint density at radius 2 is 2.00 bits per heavy atom. The molecule has 0 aromatic carbocycles. The number of ether oxygens (including phenoxy) is 1. The number of rotatable bonds is 8. The lowest BCUT2D eigenvalue weighted by atomic mass is 9.89. The highest BCUT2D eigenvalue weighted by molar-refractivity contribution is 8.03. The van der Waals surface area contributed by atoms with Crippen molar-refractivity contribution in [2.75, 3.05) is 5.75 Å². The third-order valence-electron chi connectivity index (χ3n) is 3.57. The predicted molar refractivity (Wildman–Crippen MR) is 85.7 cm³/mol. The third kappa shape index (κ3) is 4.97. The van der Waals surface area contributed by atoms with E-state index in [1.165, 1.54) is 6.92 Å². The molecule has 1 aliphatic heterocycles. The smallest absolute Gasteiger partial charge is 0.352 e. The first-order valence-corrected chi connectivity index (χ1v) is 8.37. The molecule has 0 radical (unpaired) electrons. The third-order valence-corrected chi connectivity index (χ3v) is 4.83. The van der Waals surface area contributed by atoms with Gasteiger partial charge < -0.3 is 25.1 Å². The predicted octanol–water partition coefficient (Wildman–Crippen LogP) is 0.771. The zero-order valence-electron chi connectivity index (χ0n) is 13.6. The van der Waals surface area contributed by atoms with Crippen molar-refractivity contribution in [1.29, 1.82) is 0 Å². The van der Waals surface area contributed by atoms with Gasteiger partial charge in [0.05, 0.1) is 23.9 Å². The van der Waals surface area contributed by atoms with Crippen LogP contribution < -0.4 is 5.32 Å². The average Bonchev–Trinajstić information content (AvgIpc) is 2.74. The molecular formula is C15H23NO6S. The molecule has 0 aromatic rings. The molecule has 8 heteroatoms. The molecule has 1 rings (SSSR count). The second kappa shape index (κ2) is 8.35. The minimum absolute atomic E-state index is 0.0104. The number of carbonyl (C=O) groups excluding carboxylic acids is 2. The highest BCUT2D eigenvalue weighted by atomic mass is 32.2. The van der Waals surface area contributed by atoms with Gasteiger partial charge in [-0.15, -0.1) is 11.8 Å².